The number of carbonyl (C=O) groups excluding carboxylic acids is 1. The van der Waals surface area contributed by atoms with Gasteiger partial charge in [0.1, 0.15) is 0 Å². The zero-order chi connectivity index (χ0) is 20.8. The molecule has 0 unspecified atom stereocenters. The lowest BCUT2D eigenvalue weighted by Crippen LogP contribution is -2.43. The van der Waals surface area contributed by atoms with Gasteiger partial charge in [0, 0.05) is 17.5 Å². The van der Waals surface area contributed by atoms with Crippen LogP contribution < -0.4 is 5.32 Å². The van der Waals surface area contributed by atoms with Crippen molar-refractivity contribution >= 4 is 17.5 Å². The van der Waals surface area contributed by atoms with Gasteiger partial charge >= 0.3 is 0 Å². The first-order valence-corrected chi connectivity index (χ1v) is 10.6. The molecule has 0 radical (unpaired) electrons. The van der Waals surface area contributed by atoms with Crippen molar-refractivity contribution in [1.82, 2.24) is 20.3 Å². The van der Waals surface area contributed by atoms with Crippen LogP contribution in [0.25, 0.3) is 0 Å². The third-order valence-electron chi connectivity index (χ3n) is 5.39. The molecule has 0 bridgehead atoms. The number of aromatic nitrogens is 3. The number of nitrogens with one attached hydrogen (secondary N) is 1. The van der Waals surface area contributed by atoms with Crippen molar-refractivity contribution in [2.75, 3.05) is 6.61 Å². The summed E-state index contributed by atoms with van der Waals surface area (Å²) in [4.78, 5) is 13.2. The van der Waals surface area contributed by atoms with E-state index in [0.717, 1.165) is 17.7 Å². The average Bonchev–Trinajstić information content (AvgIpc) is 3.19. The molecule has 6 nitrogen and oxygen atoms in total. The second-order valence-electron chi connectivity index (χ2n) is 7.68. The first-order valence-electron chi connectivity index (χ1n) is 10.2. The molecular weight excluding hydrogens is 400 g/mol. The fourth-order valence-electron chi connectivity index (χ4n) is 3.76. The average molecular weight is 425 g/mol. The Morgan fingerprint density at radius 3 is 2.63 bits per heavy atom. The molecule has 30 heavy (non-hydrogen) atoms. The van der Waals surface area contributed by atoms with E-state index >= 15 is 0 Å². The van der Waals surface area contributed by atoms with E-state index in [2.05, 4.69) is 27.8 Å². The van der Waals surface area contributed by atoms with E-state index in [4.69, 9.17) is 16.3 Å². The zero-order valence-electron chi connectivity index (χ0n) is 16.7. The van der Waals surface area contributed by atoms with E-state index in [1.165, 1.54) is 5.56 Å². The molecule has 2 aromatic carbocycles. The number of halogens is 1. The number of carbonyl (C=O) groups is 1. The summed E-state index contributed by atoms with van der Waals surface area (Å²) in [7, 11) is 0. The number of rotatable bonds is 4. The van der Waals surface area contributed by atoms with E-state index in [1.54, 1.807) is 6.20 Å². The maximum absolute atomic E-state index is 13.2. The minimum atomic E-state index is -0.181. The number of ether oxygens (including phenoxy) is 1. The number of amides is 1. The summed E-state index contributed by atoms with van der Waals surface area (Å²) in [5.41, 5.74) is 3.18. The van der Waals surface area contributed by atoms with Crippen LogP contribution in [0.1, 0.15) is 23.2 Å². The van der Waals surface area contributed by atoms with Crippen molar-refractivity contribution in [3.8, 4) is 0 Å². The largest absolute Gasteiger partial charge is 0.373 e. The van der Waals surface area contributed by atoms with Gasteiger partial charge in [-0.15, -0.1) is 5.10 Å². The van der Waals surface area contributed by atoms with Gasteiger partial charge in [-0.3, -0.25) is 4.79 Å². The van der Waals surface area contributed by atoms with Crippen molar-refractivity contribution in [2.24, 2.45) is 5.92 Å². The van der Waals surface area contributed by atoms with Gasteiger partial charge in [-0.2, -0.15) is 0 Å². The molecule has 1 aliphatic heterocycles. The highest BCUT2D eigenvalue weighted by Gasteiger charge is 2.24. The summed E-state index contributed by atoms with van der Waals surface area (Å²) in [5.74, 6) is -0.141. The minimum absolute atomic E-state index is 0.0399. The van der Waals surface area contributed by atoms with Gasteiger partial charge in [0.2, 0.25) is 5.91 Å². The van der Waals surface area contributed by atoms with Gasteiger partial charge in [-0.1, -0.05) is 59.3 Å². The molecule has 1 aliphatic rings. The quantitative estimate of drug-likeness (QED) is 0.696. The molecule has 1 N–H and O–H groups in total. The van der Waals surface area contributed by atoms with E-state index < -0.39 is 0 Å². The third kappa shape index (κ3) is 5.46. The summed E-state index contributed by atoms with van der Waals surface area (Å²) in [6.45, 7) is 1.48. The van der Waals surface area contributed by atoms with Crippen LogP contribution in [0.2, 0.25) is 5.02 Å². The summed E-state index contributed by atoms with van der Waals surface area (Å²) in [6.07, 6.45) is 3.76. The predicted molar refractivity (Wildman–Crippen MR) is 115 cm³/mol. The van der Waals surface area contributed by atoms with E-state index in [9.17, 15) is 4.79 Å². The topological polar surface area (TPSA) is 69.0 Å². The van der Waals surface area contributed by atoms with Crippen molar-refractivity contribution in [3.05, 3.63) is 82.6 Å². The number of nitrogens with zero attached hydrogens (tertiary/aromatic N) is 3. The maximum Gasteiger partial charge on any atom is 0.223 e. The highest BCUT2D eigenvalue weighted by Crippen LogP contribution is 2.18. The van der Waals surface area contributed by atoms with Gasteiger partial charge in [-0.25, -0.2) is 4.68 Å². The molecule has 3 aromatic rings. The van der Waals surface area contributed by atoms with E-state index in [-0.39, 0.29) is 17.9 Å². The molecule has 4 rings (SSSR count). The number of aryl methyl sites for hydroxylation is 1. The van der Waals surface area contributed by atoms with Crippen LogP contribution in [0.4, 0.5) is 0 Å². The highest BCUT2D eigenvalue weighted by molar-refractivity contribution is 6.30. The Morgan fingerprint density at radius 2 is 1.83 bits per heavy atom. The van der Waals surface area contributed by atoms with Crippen LogP contribution in [0.5, 0.6) is 0 Å². The SMILES string of the molecule is O=C1N[C@H](Cc2ccccc2)COCc2cnnn2CC[C@@H]1Cc1ccc(Cl)cc1. The fourth-order valence-corrected chi connectivity index (χ4v) is 3.89. The normalized spacial score (nSPS) is 20.1. The van der Waals surface area contributed by atoms with E-state index in [1.807, 2.05) is 47.1 Å². The molecule has 2 atom stereocenters. The summed E-state index contributed by atoms with van der Waals surface area (Å²) < 4.78 is 7.75. The first-order chi connectivity index (χ1) is 14.7. The number of hydrogen-bond donors (Lipinski definition) is 1. The number of benzene rings is 2. The van der Waals surface area contributed by atoms with Crippen LogP contribution in [-0.4, -0.2) is 33.5 Å². The van der Waals surface area contributed by atoms with Gasteiger partial charge in [0.15, 0.2) is 0 Å². The Morgan fingerprint density at radius 1 is 1.07 bits per heavy atom. The molecule has 0 spiro atoms. The molecule has 0 fully saturated rings. The Hall–Kier alpha value is -2.70. The standard InChI is InChI=1S/C23H25ClN4O2/c24-20-8-6-18(7-9-20)12-19-10-11-28-22(14-25-27-28)16-30-15-21(26-23(19)29)13-17-4-2-1-3-5-17/h1-9,14,19,21H,10-13,15-16H2,(H,26,29)/t19-,21-/m1/s1. The number of hydrogen-bond acceptors (Lipinski definition) is 4. The van der Waals surface area contributed by atoms with Crippen LogP contribution in [0, 0.1) is 5.92 Å². The lowest BCUT2D eigenvalue weighted by atomic mass is 9.94. The molecule has 156 valence electrons. The smallest absolute Gasteiger partial charge is 0.223 e. The molecular formula is C23H25ClN4O2. The predicted octanol–water partition coefficient (Wildman–Crippen LogP) is 3.44. The highest BCUT2D eigenvalue weighted by atomic mass is 35.5. The van der Waals surface area contributed by atoms with Crippen LogP contribution in [0.15, 0.2) is 60.8 Å². The summed E-state index contributed by atoms with van der Waals surface area (Å²) in [6, 6.07) is 17.7. The lowest BCUT2D eigenvalue weighted by molar-refractivity contribution is -0.126. The molecule has 1 amide bonds. The second kappa shape index (κ2) is 9.87. The molecule has 7 heteroatoms. The zero-order valence-corrected chi connectivity index (χ0v) is 17.5. The Labute approximate surface area is 181 Å². The Bertz CT molecular complexity index is 959. The van der Waals surface area contributed by atoms with Crippen LogP contribution in [0.3, 0.4) is 0 Å². The Balaban J connectivity index is 1.54. The van der Waals surface area contributed by atoms with Crippen molar-refractivity contribution in [3.63, 3.8) is 0 Å². The van der Waals surface area contributed by atoms with Crippen molar-refractivity contribution in [2.45, 2.75) is 38.5 Å². The maximum atomic E-state index is 13.2. The van der Waals surface area contributed by atoms with E-state index in [0.29, 0.717) is 37.6 Å². The molecule has 2 heterocycles. The van der Waals surface area contributed by atoms with Crippen LogP contribution in [-0.2, 0) is 35.5 Å². The molecule has 1 aromatic heterocycles. The first kappa shape index (κ1) is 20.6. The summed E-state index contributed by atoms with van der Waals surface area (Å²) in [5, 5.41) is 12.1. The Kier molecular flexibility index (Phi) is 6.77. The van der Waals surface area contributed by atoms with Gasteiger partial charge in [0.05, 0.1) is 31.1 Å². The molecule has 0 aliphatic carbocycles. The minimum Gasteiger partial charge on any atom is -0.373 e. The number of fused-ring (bicyclic) bond motifs is 1. The summed E-state index contributed by atoms with van der Waals surface area (Å²) >= 11 is 6.02. The third-order valence-corrected chi connectivity index (χ3v) is 5.65. The van der Waals surface area contributed by atoms with Crippen molar-refractivity contribution < 1.29 is 9.53 Å². The van der Waals surface area contributed by atoms with Gasteiger partial charge < -0.3 is 10.1 Å². The van der Waals surface area contributed by atoms with Gasteiger partial charge in [-0.05, 0) is 42.5 Å². The molecule has 0 saturated carbocycles. The van der Waals surface area contributed by atoms with Gasteiger partial charge in [0.25, 0.3) is 0 Å². The lowest BCUT2D eigenvalue weighted by Gasteiger charge is -2.22. The second-order valence-corrected chi connectivity index (χ2v) is 8.11. The van der Waals surface area contributed by atoms with Crippen molar-refractivity contribution in [1.29, 1.82) is 0 Å². The fraction of sp³-hybridized carbons (Fsp3) is 0.348. The molecule has 0 saturated heterocycles. The monoisotopic (exact) mass is 424 g/mol. The van der Waals surface area contributed by atoms with Crippen LogP contribution >= 0.6 is 11.6 Å².